The number of hydrogen-bond donors (Lipinski definition) is 2. The molecule has 182 valence electrons. The molecule has 0 bridgehead atoms. The molecule has 0 aliphatic heterocycles. The van der Waals surface area contributed by atoms with E-state index in [-0.39, 0.29) is 18.2 Å². The monoisotopic (exact) mass is 469 g/mol. The van der Waals surface area contributed by atoms with Gasteiger partial charge in [0.1, 0.15) is 34.7 Å². The number of aliphatic hydroxyl groups excluding tert-OH is 1. The van der Waals surface area contributed by atoms with Gasteiger partial charge in [-0.1, -0.05) is 12.8 Å². The Labute approximate surface area is 198 Å². The number of benzene rings is 1. The Kier molecular flexibility index (Phi) is 7.04. The van der Waals surface area contributed by atoms with E-state index < -0.39 is 18.2 Å². The summed E-state index contributed by atoms with van der Waals surface area (Å²) in [7, 11) is 3.16. The number of aromatic carboxylic acids is 1. The normalized spacial score (nSPS) is 16.0. The van der Waals surface area contributed by atoms with Gasteiger partial charge in [0.15, 0.2) is 0 Å². The molecule has 4 rings (SSSR count). The zero-order chi connectivity index (χ0) is 24.4. The summed E-state index contributed by atoms with van der Waals surface area (Å²) in [5.41, 5.74) is 2.95. The molecule has 9 nitrogen and oxygen atoms in total. The molecule has 2 N–H and O–H groups in total. The predicted octanol–water partition coefficient (Wildman–Crippen LogP) is 3.82. The summed E-state index contributed by atoms with van der Waals surface area (Å²) in [6.45, 7) is 3.87. The molecule has 1 aliphatic carbocycles. The lowest BCUT2D eigenvalue weighted by Gasteiger charge is -2.27. The maximum Gasteiger partial charge on any atom is 0.338 e. The Morgan fingerprint density at radius 3 is 2.38 bits per heavy atom. The van der Waals surface area contributed by atoms with Crippen molar-refractivity contribution in [3.8, 4) is 11.5 Å². The fraction of sp³-hybridized carbons (Fsp3) is 0.480. The summed E-state index contributed by atoms with van der Waals surface area (Å²) in [6.07, 6.45) is 4.21. The van der Waals surface area contributed by atoms with Crippen molar-refractivity contribution < 1.29 is 29.2 Å². The van der Waals surface area contributed by atoms with Crippen molar-refractivity contribution >= 4 is 17.0 Å². The minimum absolute atomic E-state index is 0.0498. The van der Waals surface area contributed by atoms with Crippen LogP contribution in [0.2, 0.25) is 0 Å². The quantitative estimate of drug-likeness (QED) is 0.486. The van der Waals surface area contributed by atoms with Gasteiger partial charge >= 0.3 is 5.97 Å². The average molecular weight is 470 g/mol. The van der Waals surface area contributed by atoms with Gasteiger partial charge in [-0.05, 0) is 50.5 Å². The average Bonchev–Trinajstić information content (AvgIpc) is 3.47. The highest BCUT2D eigenvalue weighted by Crippen LogP contribution is 2.35. The van der Waals surface area contributed by atoms with E-state index in [9.17, 15) is 15.0 Å². The number of aryl methyl sites for hydroxylation is 1. The van der Waals surface area contributed by atoms with Gasteiger partial charge in [0.2, 0.25) is 0 Å². The number of rotatable bonds is 9. The summed E-state index contributed by atoms with van der Waals surface area (Å²) >= 11 is 0. The lowest BCUT2D eigenvalue weighted by Crippen LogP contribution is -2.31. The van der Waals surface area contributed by atoms with Gasteiger partial charge in [-0.15, -0.1) is 0 Å². The SMILES string of the molecule is COc1cc([C@@H](O)[C@H](Cn2cc3nc(C)cc(C(=O)O)c3n2)OC2CCCC2)cc(OC)c1C. The van der Waals surface area contributed by atoms with E-state index in [4.69, 9.17) is 14.2 Å². The van der Waals surface area contributed by atoms with Gasteiger partial charge in [-0.2, -0.15) is 5.10 Å². The molecule has 2 heterocycles. The molecule has 0 amide bonds. The molecule has 1 saturated carbocycles. The van der Waals surface area contributed by atoms with Crippen LogP contribution >= 0.6 is 0 Å². The zero-order valence-electron chi connectivity index (χ0n) is 19.9. The van der Waals surface area contributed by atoms with Crippen molar-refractivity contribution in [3.05, 3.63) is 46.8 Å². The van der Waals surface area contributed by atoms with Crippen LogP contribution in [-0.4, -0.2) is 57.4 Å². The number of fused-ring (bicyclic) bond motifs is 1. The summed E-state index contributed by atoms with van der Waals surface area (Å²) < 4.78 is 18.9. The van der Waals surface area contributed by atoms with Gasteiger partial charge < -0.3 is 24.4 Å². The fourth-order valence-corrected chi connectivity index (χ4v) is 4.61. The minimum atomic E-state index is -1.06. The Balaban J connectivity index is 1.69. The van der Waals surface area contributed by atoms with Crippen molar-refractivity contribution in [1.29, 1.82) is 0 Å². The minimum Gasteiger partial charge on any atom is -0.496 e. The number of nitrogens with zero attached hydrogens (tertiary/aromatic N) is 3. The standard InChI is InChI=1S/C25H31N3O6/c1-14-9-18(25(30)31)23-19(26-14)12-28(27-23)13-22(34-17-7-5-6-8-17)24(29)16-10-20(32-3)15(2)21(11-16)33-4/h9-12,17,22,24,29H,5-8,13H2,1-4H3,(H,30,31)/t22-,24+/m0/s1. The second kappa shape index (κ2) is 9.99. The molecule has 2 atom stereocenters. The molecule has 3 aromatic rings. The van der Waals surface area contributed by atoms with Crippen LogP contribution in [0.5, 0.6) is 11.5 Å². The van der Waals surface area contributed by atoms with Gasteiger partial charge in [0, 0.05) is 11.3 Å². The summed E-state index contributed by atoms with van der Waals surface area (Å²) in [5.74, 6) is 0.172. The third-order valence-corrected chi connectivity index (χ3v) is 6.38. The van der Waals surface area contributed by atoms with Crippen LogP contribution in [0.25, 0.3) is 11.0 Å². The van der Waals surface area contributed by atoms with Crippen LogP contribution in [-0.2, 0) is 11.3 Å². The van der Waals surface area contributed by atoms with E-state index in [0.717, 1.165) is 31.2 Å². The third-order valence-electron chi connectivity index (χ3n) is 6.38. The van der Waals surface area contributed by atoms with Crippen LogP contribution in [0.15, 0.2) is 24.4 Å². The van der Waals surface area contributed by atoms with Crippen LogP contribution in [0, 0.1) is 13.8 Å². The van der Waals surface area contributed by atoms with E-state index in [1.165, 1.54) is 6.07 Å². The van der Waals surface area contributed by atoms with E-state index in [1.54, 1.807) is 44.2 Å². The zero-order valence-corrected chi connectivity index (χ0v) is 19.9. The predicted molar refractivity (Wildman–Crippen MR) is 126 cm³/mol. The van der Waals surface area contributed by atoms with Crippen molar-refractivity contribution in [2.24, 2.45) is 0 Å². The number of hydrogen-bond acceptors (Lipinski definition) is 7. The Morgan fingerprint density at radius 1 is 1.15 bits per heavy atom. The van der Waals surface area contributed by atoms with Crippen LogP contribution in [0.1, 0.15) is 59.0 Å². The molecule has 0 spiro atoms. The van der Waals surface area contributed by atoms with E-state index in [2.05, 4.69) is 10.1 Å². The smallest absolute Gasteiger partial charge is 0.338 e. The number of ether oxygens (including phenoxy) is 3. The number of methoxy groups -OCH3 is 2. The first-order chi connectivity index (χ1) is 16.3. The highest BCUT2D eigenvalue weighted by Gasteiger charge is 2.29. The molecule has 2 aromatic heterocycles. The van der Waals surface area contributed by atoms with Crippen molar-refractivity contribution in [1.82, 2.24) is 14.8 Å². The van der Waals surface area contributed by atoms with Gasteiger partial charge in [0.25, 0.3) is 0 Å². The van der Waals surface area contributed by atoms with Crippen molar-refractivity contribution in [2.45, 2.75) is 64.4 Å². The Bertz CT molecular complexity index is 1160. The first-order valence-corrected chi connectivity index (χ1v) is 11.4. The van der Waals surface area contributed by atoms with Gasteiger partial charge in [0.05, 0.1) is 38.6 Å². The Hall–Kier alpha value is -3.17. The first kappa shape index (κ1) is 24.0. The maximum absolute atomic E-state index is 11.7. The van der Waals surface area contributed by atoms with Crippen LogP contribution in [0.3, 0.4) is 0 Å². The molecular weight excluding hydrogens is 438 g/mol. The summed E-state index contributed by atoms with van der Waals surface area (Å²) in [6, 6.07) is 5.09. The van der Waals surface area contributed by atoms with E-state index in [1.807, 2.05) is 6.92 Å². The molecule has 9 heteroatoms. The fourth-order valence-electron chi connectivity index (χ4n) is 4.61. The van der Waals surface area contributed by atoms with Crippen LogP contribution < -0.4 is 9.47 Å². The Morgan fingerprint density at radius 2 is 1.79 bits per heavy atom. The number of pyridine rings is 1. The second-order valence-electron chi connectivity index (χ2n) is 8.78. The van der Waals surface area contributed by atoms with E-state index in [0.29, 0.717) is 33.8 Å². The first-order valence-electron chi connectivity index (χ1n) is 11.4. The molecule has 1 aliphatic rings. The molecule has 0 radical (unpaired) electrons. The highest BCUT2D eigenvalue weighted by atomic mass is 16.5. The van der Waals surface area contributed by atoms with E-state index >= 15 is 0 Å². The third kappa shape index (κ3) is 4.85. The molecule has 34 heavy (non-hydrogen) atoms. The number of carboxylic acids is 1. The number of aliphatic hydroxyl groups is 1. The molecule has 0 unspecified atom stereocenters. The maximum atomic E-state index is 11.7. The molecular formula is C25H31N3O6. The largest absolute Gasteiger partial charge is 0.496 e. The highest BCUT2D eigenvalue weighted by molar-refractivity contribution is 6.00. The summed E-state index contributed by atoms with van der Waals surface area (Å²) in [4.78, 5) is 16.1. The number of carboxylic acid groups (broad SMARTS) is 1. The van der Waals surface area contributed by atoms with Crippen LogP contribution in [0.4, 0.5) is 0 Å². The molecule has 1 fully saturated rings. The number of aromatic nitrogens is 3. The lowest BCUT2D eigenvalue weighted by molar-refractivity contribution is -0.0845. The number of carbonyl (C=O) groups is 1. The van der Waals surface area contributed by atoms with Gasteiger partial charge in [-0.25, -0.2) is 9.78 Å². The lowest BCUT2D eigenvalue weighted by atomic mass is 10.0. The van der Waals surface area contributed by atoms with Crippen molar-refractivity contribution in [3.63, 3.8) is 0 Å². The van der Waals surface area contributed by atoms with Gasteiger partial charge in [-0.3, -0.25) is 4.68 Å². The molecule has 0 saturated heterocycles. The second-order valence-corrected chi connectivity index (χ2v) is 8.78. The summed E-state index contributed by atoms with van der Waals surface area (Å²) in [5, 5.41) is 25.5. The topological polar surface area (TPSA) is 116 Å². The molecule has 1 aromatic carbocycles. The van der Waals surface area contributed by atoms with Crippen molar-refractivity contribution in [2.75, 3.05) is 14.2 Å².